The molecule has 20 heavy (non-hydrogen) atoms. The number of carbonyl (C=O) groups is 3. The van der Waals surface area contributed by atoms with Crippen molar-refractivity contribution in [3.63, 3.8) is 0 Å². The van der Waals surface area contributed by atoms with Crippen LogP contribution < -0.4 is 15.3 Å². The minimum atomic E-state index is -1.08. The molecule has 0 bridgehead atoms. The molecule has 0 unspecified atom stereocenters. The molecule has 1 aromatic carbocycles. The summed E-state index contributed by atoms with van der Waals surface area (Å²) in [4.78, 5) is 26.7. The fourth-order valence-electron chi connectivity index (χ4n) is 0.534. The Morgan fingerprint density at radius 1 is 0.750 bits per heavy atom. The molecule has 0 saturated carbocycles. The average Bonchev–Trinajstić information content (AvgIpc) is 2.15. The number of aliphatic carboxylic acids is 3. The Morgan fingerprint density at radius 2 is 0.950 bits per heavy atom. The molecule has 6 nitrogen and oxygen atoms in total. The second kappa shape index (κ2) is 19.5. The van der Waals surface area contributed by atoms with Gasteiger partial charge < -0.3 is 29.7 Å². The van der Waals surface area contributed by atoms with Crippen molar-refractivity contribution in [3.8, 4) is 0 Å². The molecule has 0 fully saturated rings. The summed E-state index contributed by atoms with van der Waals surface area (Å²) < 4.78 is 0. The fourth-order valence-corrected chi connectivity index (χ4v) is 0.534. The van der Waals surface area contributed by atoms with Crippen molar-refractivity contribution in [2.45, 2.75) is 27.7 Å². The first-order valence-electron chi connectivity index (χ1n) is 5.14. The SMILES string of the molecule is CC(=O)[O-].CC(=O)[O-].CC(=O)[O-].Cc1ccccc1.[Cr+3]. The number of benzene rings is 1. The summed E-state index contributed by atoms with van der Waals surface area (Å²) in [6.07, 6.45) is 0. The van der Waals surface area contributed by atoms with Crippen LogP contribution in [0.5, 0.6) is 0 Å². The van der Waals surface area contributed by atoms with Gasteiger partial charge in [0.1, 0.15) is 0 Å². The molecule has 0 aliphatic heterocycles. The first-order chi connectivity index (χ1) is 8.59. The van der Waals surface area contributed by atoms with Gasteiger partial charge in [0, 0.05) is 17.9 Å². The molecule has 111 valence electrons. The summed E-state index contributed by atoms with van der Waals surface area (Å²) >= 11 is 0. The van der Waals surface area contributed by atoms with Crippen LogP contribution in [-0.4, -0.2) is 17.9 Å². The van der Waals surface area contributed by atoms with E-state index >= 15 is 0 Å². The minimum Gasteiger partial charge on any atom is -0.550 e. The predicted octanol–water partition coefficient (Wildman–Crippen LogP) is -1.74. The second-order valence-corrected chi connectivity index (χ2v) is 3.13. The van der Waals surface area contributed by atoms with Gasteiger partial charge >= 0.3 is 17.4 Å². The molecule has 1 aromatic rings. The van der Waals surface area contributed by atoms with E-state index in [1.54, 1.807) is 0 Å². The number of carboxylic acid groups (broad SMARTS) is 3. The predicted molar refractivity (Wildman–Crippen MR) is 63.2 cm³/mol. The molecule has 0 spiro atoms. The average molecular weight is 321 g/mol. The minimum absolute atomic E-state index is 0. The first-order valence-corrected chi connectivity index (χ1v) is 5.14. The van der Waals surface area contributed by atoms with Crippen LogP contribution in [0.15, 0.2) is 30.3 Å². The molecule has 0 saturated heterocycles. The quantitative estimate of drug-likeness (QED) is 0.559. The van der Waals surface area contributed by atoms with Crippen LogP contribution in [0.25, 0.3) is 0 Å². The van der Waals surface area contributed by atoms with Crippen molar-refractivity contribution in [2.24, 2.45) is 0 Å². The van der Waals surface area contributed by atoms with Gasteiger partial charge in [0.05, 0.1) is 0 Å². The van der Waals surface area contributed by atoms with Crippen LogP contribution in [0.4, 0.5) is 0 Å². The number of hydrogen-bond acceptors (Lipinski definition) is 6. The summed E-state index contributed by atoms with van der Waals surface area (Å²) in [7, 11) is 0. The largest absolute Gasteiger partial charge is 3.00 e. The molecule has 0 aliphatic carbocycles. The molecule has 0 aliphatic rings. The molecule has 0 amide bonds. The van der Waals surface area contributed by atoms with E-state index in [1.165, 1.54) is 5.56 Å². The third-order valence-corrected chi connectivity index (χ3v) is 0.940. The van der Waals surface area contributed by atoms with Crippen molar-refractivity contribution in [1.29, 1.82) is 0 Å². The van der Waals surface area contributed by atoms with Gasteiger partial charge in [-0.05, 0) is 27.7 Å². The van der Waals surface area contributed by atoms with Gasteiger partial charge in [0.25, 0.3) is 0 Å². The van der Waals surface area contributed by atoms with Crippen molar-refractivity contribution in [3.05, 3.63) is 35.9 Å². The van der Waals surface area contributed by atoms with Crippen LogP contribution in [0.2, 0.25) is 0 Å². The van der Waals surface area contributed by atoms with E-state index < -0.39 is 17.9 Å². The summed E-state index contributed by atoms with van der Waals surface area (Å²) in [6.45, 7) is 5.00. The van der Waals surface area contributed by atoms with Crippen molar-refractivity contribution in [2.75, 3.05) is 0 Å². The number of rotatable bonds is 0. The van der Waals surface area contributed by atoms with Crippen LogP contribution in [-0.2, 0) is 31.7 Å². The smallest absolute Gasteiger partial charge is 0.550 e. The number of carbonyl (C=O) groups excluding carboxylic acids is 3. The van der Waals surface area contributed by atoms with Crippen LogP contribution >= 0.6 is 0 Å². The van der Waals surface area contributed by atoms with Crippen molar-refractivity contribution in [1.82, 2.24) is 0 Å². The molecule has 0 atom stereocenters. The Balaban J connectivity index is -0.0000000881. The molecule has 1 radical (unpaired) electrons. The normalized spacial score (nSPS) is 6.80. The van der Waals surface area contributed by atoms with Crippen LogP contribution in [0.1, 0.15) is 26.3 Å². The second-order valence-electron chi connectivity index (χ2n) is 3.13. The van der Waals surface area contributed by atoms with Gasteiger partial charge in [-0.15, -0.1) is 0 Å². The van der Waals surface area contributed by atoms with E-state index in [9.17, 15) is 0 Å². The van der Waals surface area contributed by atoms with Crippen molar-refractivity contribution < 1.29 is 47.1 Å². The molecule has 0 aromatic heterocycles. The van der Waals surface area contributed by atoms with Gasteiger partial charge in [0.2, 0.25) is 0 Å². The van der Waals surface area contributed by atoms with Gasteiger partial charge in [-0.3, -0.25) is 0 Å². The number of hydrogen-bond donors (Lipinski definition) is 0. The van der Waals surface area contributed by atoms with E-state index in [2.05, 4.69) is 19.1 Å². The standard InChI is InChI=1S/C7H8.3C2H4O2.Cr/c1-7-5-3-2-4-6-7;3*1-2(3)4;/h2-6H,1H3;3*1H3,(H,3,4);/q;;;;+3/p-3. The van der Waals surface area contributed by atoms with Gasteiger partial charge in [0.15, 0.2) is 0 Å². The Morgan fingerprint density at radius 3 is 1.05 bits per heavy atom. The zero-order chi connectivity index (χ0) is 15.8. The number of carboxylic acids is 3. The molecule has 1 rings (SSSR count). The van der Waals surface area contributed by atoms with Gasteiger partial charge in [-0.25, -0.2) is 0 Å². The topological polar surface area (TPSA) is 120 Å². The van der Waals surface area contributed by atoms with Crippen LogP contribution in [0.3, 0.4) is 0 Å². The van der Waals surface area contributed by atoms with E-state index in [-0.39, 0.29) is 17.4 Å². The maximum atomic E-state index is 8.89. The molecular weight excluding hydrogens is 304 g/mol. The molecule has 7 heteroatoms. The van der Waals surface area contributed by atoms with Crippen LogP contribution in [0, 0.1) is 6.92 Å². The zero-order valence-corrected chi connectivity index (χ0v) is 13.0. The van der Waals surface area contributed by atoms with Crippen molar-refractivity contribution >= 4 is 17.9 Å². The maximum absolute atomic E-state index is 8.89. The van der Waals surface area contributed by atoms with E-state index in [0.717, 1.165) is 20.8 Å². The Hall–Kier alpha value is -1.84. The Labute approximate surface area is 129 Å². The number of aryl methyl sites for hydroxylation is 1. The van der Waals surface area contributed by atoms with E-state index in [1.807, 2.05) is 18.2 Å². The van der Waals surface area contributed by atoms with Gasteiger partial charge in [-0.1, -0.05) is 35.9 Å². The van der Waals surface area contributed by atoms with Gasteiger partial charge in [-0.2, -0.15) is 0 Å². The summed E-state index contributed by atoms with van der Waals surface area (Å²) in [5.74, 6) is -3.25. The Bertz CT molecular complexity index is 324. The fraction of sp³-hybridized carbons (Fsp3) is 0.308. The van der Waals surface area contributed by atoms with E-state index in [4.69, 9.17) is 29.7 Å². The molecular formula is C13H17CrO6. The zero-order valence-electron chi connectivity index (χ0n) is 11.7. The third kappa shape index (κ3) is 97.8. The summed E-state index contributed by atoms with van der Waals surface area (Å²) in [5.41, 5.74) is 1.32. The summed E-state index contributed by atoms with van der Waals surface area (Å²) in [6, 6.07) is 10.3. The Kier molecular flexibility index (Phi) is 26.0. The first kappa shape index (κ1) is 26.7. The monoisotopic (exact) mass is 321 g/mol. The molecule has 0 N–H and O–H groups in total. The molecule has 0 heterocycles. The summed E-state index contributed by atoms with van der Waals surface area (Å²) in [5, 5.41) is 26.7. The van der Waals surface area contributed by atoms with E-state index in [0.29, 0.717) is 0 Å². The third-order valence-electron chi connectivity index (χ3n) is 0.940. The maximum Gasteiger partial charge on any atom is 3.00 e.